The molecule has 0 aliphatic carbocycles. The summed E-state index contributed by atoms with van der Waals surface area (Å²) in [5.74, 6) is 1.37. The van der Waals surface area contributed by atoms with E-state index in [0.29, 0.717) is 19.0 Å². The maximum Gasteiger partial charge on any atom is 0.241 e. The number of amides is 1. The number of guanidine groups is 1. The van der Waals surface area contributed by atoms with E-state index in [0.717, 1.165) is 26.9 Å². The van der Waals surface area contributed by atoms with Crippen LogP contribution in [0.3, 0.4) is 0 Å². The van der Waals surface area contributed by atoms with Gasteiger partial charge in [0.15, 0.2) is 5.96 Å². The molecule has 0 fully saturated rings. The second-order valence-electron chi connectivity index (χ2n) is 6.65. The van der Waals surface area contributed by atoms with Crippen molar-refractivity contribution in [3.05, 3.63) is 63.6 Å². The number of nitrogens with one attached hydrogen (secondary N) is 2. The Labute approximate surface area is 198 Å². The Kier molecular flexibility index (Phi) is 11.0. The highest BCUT2D eigenvalue weighted by Gasteiger charge is 2.07. The molecule has 0 heterocycles. The molecule has 158 valence electrons. The highest BCUT2D eigenvalue weighted by molar-refractivity contribution is 14.0. The molecule has 0 saturated heterocycles. The summed E-state index contributed by atoms with van der Waals surface area (Å²) in [6, 6.07) is 14.1. The fourth-order valence-corrected chi connectivity index (χ4v) is 2.75. The number of halogens is 2. The second-order valence-corrected chi connectivity index (χ2v) is 7.56. The third-order valence-corrected chi connectivity index (χ3v) is 4.57. The van der Waals surface area contributed by atoms with Gasteiger partial charge in [-0.15, -0.1) is 24.0 Å². The molecule has 2 aromatic rings. The molecule has 2 rings (SSSR count). The van der Waals surface area contributed by atoms with Gasteiger partial charge in [0.1, 0.15) is 5.75 Å². The number of aliphatic imine (C=N–C) groups is 1. The molecule has 2 aromatic carbocycles. The van der Waals surface area contributed by atoms with Crippen LogP contribution in [0.1, 0.15) is 16.7 Å². The van der Waals surface area contributed by atoms with Crippen LogP contribution in [0.2, 0.25) is 0 Å². The molecule has 0 aliphatic heterocycles. The highest BCUT2D eigenvalue weighted by atomic mass is 127. The first-order chi connectivity index (χ1) is 13.4. The van der Waals surface area contributed by atoms with E-state index in [1.165, 1.54) is 0 Å². The molecule has 1 amide bonds. The topological polar surface area (TPSA) is 66.0 Å². The van der Waals surface area contributed by atoms with Crippen LogP contribution >= 0.6 is 39.9 Å². The minimum Gasteiger partial charge on any atom is -0.497 e. The van der Waals surface area contributed by atoms with Gasteiger partial charge in [-0.05, 0) is 47.9 Å². The van der Waals surface area contributed by atoms with Crippen molar-refractivity contribution in [3.63, 3.8) is 0 Å². The molecule has 0 aliphatic rings. The summed E-state index contributed by atoms with van der Waals surface area (Å²) in [6.07, 6.45) is 0. The van der Waals surface area contributed by atoms with Crippen molar-refractivity contribution in [1.82, 2.24) is 15.5 Å². The summed E-state index contributed by atoms with van der Waals surface area (Å²) in [4.78, 5) is 18.1. The molecule has 0 bridgehead atoms. The summed E-state index contributed by atoms with van der Waals surface area (Å²) in [5.41, 5.74) is 3.28. The summed E-state index contributed by atoms with van der Waals surface area (Å²) < 4.78 is 6.36. The van der Waals surface area contributed by atoms with Crippen molar-refractivity contribution >= 4 is 51.8 Å². The highest BCUT2D eigenvalue weighted by Crippen LogP contribution is 2.17. The SMILES string of the molecule is COc1cc(C)cc(CN=C(NCC(=O)N(C)C)NCc2ccc(Br)cc2)c1.I. The quantitative estimate of drug-likeness (QED) is 0.301. The van der Waals surface area contributed by atoms with Crippen molar-refractivity contribution in [3.8, 4) is 5.75 Å². The number of benzene rings is 2. The van der Waals surface area contributed by atoms with E-state index in [4.69, 9.17) is 4.74 Å². The number of rotatable bonds is 7. The van der Waals surface area contributed by atoms with Gasteiger partial charge in [0.05, 0.1) is 20.2 Å². The molecule has 8 heteroatoms. The third-order valence-electron chi connectivity index (χ3n) is 4.05. The summed E-state index contributed by atoms with van der Waals surface area (Å²) in [6.45, 7) is 3.28. The predicted molar refractivity (Wildman–Crippen MR) is 132 cm³/mol. The van der Waals surface area contributed by atoms with Crippen LogP contribution in [0.25, 0.3) is 0 Å². The van der Waals surface area contributed by atoms with Gasteiger partial charge in [0.2, 0.25) is 5.91 Å². The maximum atomic E-state index is 11.9. The number of hydrogen-bond acceptors (Lipinski definition) is 3. The molecular formula is C21H28BrIN4O2. The Balaban J connectivity index is 0.00000420. The van der Waals surface area contributed by atoms with Gasteiger partial charge < -0.3 is 20.3 Å². The molecule has 2 N–H and O–H groups in total. The van der Waals surface area contributed by atoms with Crippen LogP contribution < -0.4 is 15.4 Å². The number of ether oxygens (including phenoxy) is 1. The van der Waals surface area contributed by atoms with Gasteiger partial charge in [-0.2, -0.15) is 0 Å². The molecule has 0 radical (unpaired) electrons. The summed E-state index contributed by atoms with van der Waals surface area (Å²) in [7, 11) is 5.12. The van der Waals surface area contributed by atoms with E-state index in [-0.39, 0.29) is 36.4 Å². The third kappa shape index (κ3) is 9.03. The Morgan fingerprint density at radius 1 is 1.10 bits per heavy atom. The molecule has 0 spiro atoms. The zero-order valence-electron chi connectivity index (χ0n) is 17.2. The minimum atomic E-state index is -0.0182. The normalized spacial score (nSPS) is 10.7. The van der Waals surface area contributed by atoms with E-state index >= 15 is 0 Å². The lowest BCUT2D eigenvalue weighted by atomic mass is 10.1. The Bertz CT molecular complexity index is 826. The van der Waals surface area contributed by atoms with Crippen molar-refractivity contribution in [1.29, 1.82) is 0 Å². The van der Waals surface area contributed by atoms with Crippen LogP contribution in [0, 0.1) is 6.92 Å². The molecule has 0 aromatic heterocycles. The molecular weight excluding hydrogens is 547 g/mol. The van der Waals surface area contributed by atoms with Gasteiger partial charge in [-0.1, -0.05) is 34.1 Å². The fraction of sp³-hybridized carbons (Fsp3) is 0.333. The fourth-order valence-electron chi connectivity index (χ4n) is 2.48. The number of nitrogens with zero attached hydrogens (tertiary/aromatic N) is 2. The largest absolute Gasteiger partial charge is 0.497 e. The number of carbonyl (C=O) groups excluding carboxylic acids is 1. The first kappa shape index (κ1) is 25.2. The average Bonchev–Trinajstić information content (AvgIpc) is 2.67. The molecule has 0 unspecified atom stereocenters. The Morgan fingerprint density at radius 2 is 1.79 bits per heavy atom. The molecule has 0 saturated carbocycles. The Morgan fingerprint density at radius 3 is 2.41 bits per heavy atom. The maximum absolute atomic E-state index is 11.9. The zero-order chi connectivity index (χ0) is 20.5. The van der Waals surface area contributed by atoms with E-state index in [1.807, 2.05) is 43.3 Å². The van der Waals surface area contributed by atoms with Gasteiger partial charge in [0.25, 0.3) is 0 Å². The van der Waals surface area contributed by atoms with Crippen LogP contribution in [-0.4, -0.2) is 44.5 Å². The molecule has 0 atom stereocenters. The lowest BCUT2D eigenvalue weighted by molar-refractivity contribution is -0.127. The standard InChI is InChI=1S/C21H27BrN4O2.HI/c1-15-9-17(11-19(10-15)28-4)13-24-21(25-14-20(27)26(2)3)23-12-16-5-7-18(22)8-6-16;/h5-11H,12-14H2,1-4H3,(H2,23,24,25);1H. The lowest BCUT2D eigenvalue weighted by Crippen LogP contribution is -2.42. The summed E-state index contributed by atoms with van der Waals surface area (Å²) in [5, 5.41) is 6.39. The van der Waals surface area contributed by atoms with E-state index < -0.39 is 0 Å². The number of methoxy groups -OCH3 is 1. The van der Waals surface area contributed by atoms with Crippen LogP contribution in [0.15, 0.2) is 51.9 Å². The van der Waals surface area contributed by atoms with Gasteiger partial charge in [-0.25, -0.2) is 4.99 Å². The Hall–Kier alpha value is -1.81. The van der Waals surface area contributed by atoms with Crippen molar-refractivity contribution in [2.75, 3.05) is 27.7 Å². The average molecular weight is 575 g/mol. The van der Waals surface area contributed by atoms with E-state index in [1.54, 1.807) is 26.1 Å². The molecule has 6 nitrogen and oxygen atoms in total. The smallest absolute Gasteiger partial charge is 0.241 e. The lowest BCUT2D eigenvalue weighted by Gasteiger charge is -2.15. The number of carbonyl (C=O) groups is 1. The number of aryl methyl sites for hydroxylation is 1. The predicted octanol–water partition coefficient (Wildman–Crippen LogP) is 3.71. The zero-order valence-corrected chi connectivity index (χ0v) is 21.1. The van der Waals surface area contributed by atoms with Crippen LogP contribution in [0.4, 0.5) is 0 Å². The minimum absolute atomic E-state index is 0. The van der Waals surface area contributed by atoms with Crippen molar-refractivity contribution in [2.24, 2.45) is 4.99 Å². The van der Waals surface area contributed by atoms with Gasteiger partial charge >= 0.3 is 0 Å². The first-order valence-electron chi connectivity index (χ1n) is 8.98. The first-order valence-corrected chi connectivity index (χ1v) is 9.78. The van der Waals surface area contributed by atoms with Crippen molar-refractivity contribution in [2.45, 2.75) is 20.0 Å². The number of hydrogen-bond donors (Lipinski definition) is 2. The van der Waals surface area contributed by atoms with E-state index in [2.05, 4.69) is 37.6 Å². The van der Waals surface area contributed by atoms with E-state index in [9.17, 15) is 4.79 Å². The van der Waals surface area contributed by atoms with Crippen LogP contribution in [0.5, 0.6) is 5.75 Å². The van der Waals surface area contributed by atoms with Crippen LogP contribution in [-0.2, 0) is 17.9 Å². The molecule has 29 heavy (non-hydrogen) atoms. The summed E-state index contributed by atoms with van der Waals surface area (Å²) >= 11 is 3.44. The number of likely N-dealkylation sites (N-methyl/N-ethyl adjacent to an activating group) is 1. The van der Waals surface area contributed by atoms with Crippen molar-refractivity contribution < 1.29 is 9.53 Å². The second kappa shape index (κ2) is 12.7. The van der Waals surface area contributed by atoms with Gasteiger partial charge in [-0.3, -0.25) is 4.79 Å². The van der Waals surface area contributed by atoms with Gasteiger partial charge in [0, 0.05) is 25.1 Å². The monoisotopic (exact) mass is 574 g/mol.